The summed E-state index contributed by atoms with van der Waals surface area (Å²) in [4.78, 5) is 4.80. The highest BCUT2D eigenvalue weighted by Gasteiger charge is 2.20. The molecule has 0 unspecified atom stereocenters. The molecule has 0 atom stereocenters. The molecule has 1 aromatic rings. The first-order valence-corrected chi connectivity index (χ1v) is 10.9. The molecule has 1 heterocycles. The zero-order valence-corrected chi connectivity index (χ0v) is 21.4. The molecule has 2 rings (SSSR count). The Morgan fingerprint density at radius 1 is 1.17 bits per heavy atom. The van der Waals surface area contributed by atoms with E-state index >= 15 is 0 Å². The van der Waals surface area contributed by atoms with Crippen LogP contribution in [-0.4, -0.2) is 59.1 Å². The molecule has 1 fully saturated rings. The molecular weight excluding hydrogens is 493 g/mol. The maximum atomic E-state index is 5.84. The summed E-state index contributed by atoms with van der Waals surface area (Å²) in [5.74, 6) is 2.40. The third-order valence-electron chi connectivity index (χ3n) is 5.30. The highest BCUT2D eigenvalue weighted by Crippen LogP contribution is 2.25. The van der Waals surface area contributed by atoms with E-state index in [4.69, 9.17) is 19.2 Å². The Hall–Kier alpha value is -1.06. The minimum atomic E-state index is -0.0541. The molecule has 1 aromatic carbocycles. The lowest BCUT2D eigenvalue weighted by molar-refractivity contribution is 0.0203. The van der Waals surface area contributed by atoms with Gasteiger partial charge in [0.1, 0.15) is 5.75 Å². The summed E-state index contributed by atoms with van der Waals surface area (Å²) >= 11 is 0. The van der Waals surface area contributed by atoms with Gasteiger partial charge in [0.25, 0.3) is 0 Å². The van der Waals surface area contributed by atoms with Gasteiger partial charge in [0, 0.05) is 44.9 Å². The second-order valence-electron chi connectivity index (χ2n) is 8.22. The van der Waals surface area contributed by atoms with E-state index in [1.807, 2.05) is 12.1 Å². The zero-order chi connectivity index (χ0) is 21.0. The second kappa shape index (κ2) is 14.9. The maximum Gasteiger partial charge on any atom is 0.191 e. The third kappa shape index (κ3) is 9.83. The summed E-state index contributed by atoms with van der Waals surface area (Å²) in [5, 5.41) is 6.75. The molecule has 1 saturated heterocycles. The molecule has 0 aromatic heterocycles. The van der Waals surface area contributed by atoms with Crippen molar-refractivity contribution in [2.24, 2.45) is 10.9 Å². The predicted octanol–water partition coefficient (Wildman–Crippen LogP) is 3.98. The van der Waals surface area contributed by atoms with E-state index in [1.165, 1.54) is 5.56 Å². The summed E-state index contributed by atoms with van der Waals surface area (Å²) in [5.41, 5.74) is 1.20. The van der Waals surface area contributed by atoms with Crippen LogP contribution in [0.15, 0.2) is 29.3 Å². The zero-order valence-electron chi connectivity index (χ0n) is 19.0. The maximum absolute atomic E-state index is 5.84. The molecule has 0 aliphatic carbocycles. The van der Waals surface area contributed by atoms with Crippen LogP contribution >= 0.6 is 24.0 Å². The van der Waals surface area contributed by atoms with Gasteiger partial charge in [0.2, 0.25) is 0 Å². The molecule has 6 nitrogen and oxygen atoms in total. The number of nitrogens with one attached hydrogen (secondary N) is 2. The van der Waals surface area contributed by atoms with Crippen LogP contribution in [0.25, 0.3) is 0 Å². The van der Waals surface area contributed by atoms with Gasteiger partial charge in [-0.15, -0.1) is 24.0 Å². The molecule has 30 heavy (non-hydrogen) atoms. The Balaban J connectivity index is 0.00000450. The van der Waals surface area contributed by atoms with Crippen LogP contribution in [0, 0.1) is 5.92 Å². The van der Waals surface area contributed by atoms with Crippen molar-refractivity contribution in [3.63, 3.8) is 0 Å². The number of methoxy groups -OCH3 is 1. The average molecular weight is 533 g/mol. The number of nitrogens with zero attached hydrogens (tertiary/aromatic N) is 1. The van der Waals surface area contributed by atoms with E-state index in [-0.39, 0.29) is 29.4 Å². The Kier molecular flexibility index (Phi) is 13.4. The normalized spacial score (nSPS) is 15.4. The molecule has 7 heteroatoms. The van der Waals surface area contributed by atoms with E-state index in [0.717, 1.165) is 70.5 Å². The number of rotatable bonds is 11. The second-order valence-corrected chi connectivity index (χ2v) is 8.22. The lowest BCUT2D eigenvalue weighted by Crippen LogP contribution is -2.39. The van der Waals surface area contributed by atoms with Crippen molar-refractivity contribution in [3.8, 4) is 5.75 Å². The van der Waals surface area contributed by atoms with Gasteiger partial charge in [-0.2, -0.15) is 0 Å². The number of hydrogen-bond acceptors (Lipinski definition) is 4. The molecule has 0 bridgehead atoms. The highest BCUT2D eigenvalue weighted by atomic mass is 127. The van der Waals surface area contributed by atoms with Gasteiger partial charge < -0.3 is 24.8 Å². The van der Waals surface area contributed by atoms with Crippen molar-refractivity contribution in [2.75, 3.05) is 53.2 Å². The first-order chi connectivity index (χ1) is 14.0. The summed E-state index contributed by atoms with van der Waals surface area (Å²) in [6.07, 6.45) is 3.22. The summed E-state index contributed by atoms with van der Waals surface area (Å²) in [7, 11) is 1.69. The van der Waals surface area contributed by atoms with Gasteiger partial charge in [-0.25, -0.2) is 0 Å². The van der Waals surface area contributed by atoms with Gasteiger partial charge in [-0.05, 0) is 49.8 Å². The summed E-state index contributed by atoms with van der Waals surface area (Å²) < 4.78 is 16.5. The fourth-order valence-electron chi connectivity index (χ4n) is 3.30. The Labute approximate surface area is 199 Å². The molecule has 0 saturated carbocycles. The third-order valence-corrected chi connectivity index (χ3v) is 5.30. The molecule has 1 aliphatic rings. The van der Waals surface area contributed by atoms with E-state index in [0.29, 0.717) is 12.5 Å². The fraction of sp³-hybridized carbons (Fsp3) is 0.696. The predicted molar refractivity (Wildman–Crippen MR) is 134 cm³/mol. The van der Waals surface area contributed by atoms with Crippen LogP contribution in [0.5, 0.6) is 5.75 Å². The first kappa shape index (κ1) is 27.0. The molecule has 1 aliphatic heterocycles. The van der Waals surface area contributed by atoms with Gasteiger partial charge in [0.05, 0.1) is 13.7 Å². The number of ether oxygens (including phenoxy) is 3. The van der Waals surface area contributed by atoms with Crippen molar-refractivity contribution in [1.29, 1.82) is 0 Å². The monoisotopic (exact) mass is 533 g/mol. The highest BCUT2D eigenvalue weighted by molar-refractivity contribution is 14.0. The van der Waals surface area contributed by atoms with E-state index in [9.17, 15) is 0 Å². The van der Waals surface area contributed by atoms with Crippen LogP contribution in [0.2, 0.25) is 0 Å². The van der Waals surface area contributed by atoms with E-state index in [1.54, 1.807) is 7.11 Å². The summed E-state index contributed by atoms with van der Waals surface area (Å²) in [6, 6.07) is 8.24. The van der Waals surface area contributed by atoms with Crippen molar-refractivity contribution < 1.29 is 14.2 Å². The number of halogens is 1. The fourth-order valence-corrected chi connectivity index (χ4v) is 3.30. The van der Waals surface area contributed by atoms with E-state index in [2.05, 4.69) is 43.5 Å². The molecule has 0 amide bonds. The van der Waals surface area contributed by atoms with Gasteiger partial charge >= 0.3 is 0 Å². The van der Waals surface area contributed by atoms with Crippen molar-refractivity contribution in [1.82, 2.24) is 10.6 Å². The van der Waals surface area contributed by atoms with Crippen LogP contribution in [0.3, 0.4) is 0 Å². The minimum absolute atomic E-state index is 0. The topological polar surface area (TPSA) is 64.1 Å². The average Bonchev–Trinajstić information content (AvgIpc) is 2.75. The number of hydrogen-bond donors (Lipinski definition) is 2. The number of benzene rings is 1. The van der Waals surface area contributed by atoms with Crippen LogP contribution in [-0.2, 0) is 14.9 Å². The smallest absolute Gasteiger partial charge is 0.191 e. The minimum Gasteiger partial charge on any atom is -0.497 e. The van der Waals surface area contributed by atoms with Crippen molar-refractivity contribution >= 4 is 29.9 Å². The van der Waals surface area contributed by atoms with Crippen molar-refractivity contribution in [3.05, 3.63) is 29.8 Å². The molecule has 0 radical (unpaired) electrons. The van der Waals surface area contributed by atoms with E-state index < -0.39 is 0 Å². The van der Waals surface area contributed by atoms with Crippen LogP contribution in [0.4, 0.5) is 0 Å². The SMILES string of the molecule is CCNC(=NCC(C)(C)c1ccc(OC)cc1)NCCCOCC1CCOCC1.I. The number of guanidine groups is 1. The molecule has 2 N–H and O–H groups in total. The molecular formula is C23H40IN3O3. The molecule has 172 valence electrons. The largest absolute Gasteiger partial charge is 0.497 e. The lowest BCUT2D eigenvalue weighted by atomic mass is 9.85. The summed E-state index contributed by atoms with van der Waals surface area (Å²) in [6.45, 7) is 12.3. The Morgan fingerprint density at radius 2 is 1.87 bits per heavy atom. The van der Waals surface area contributed by atoms with Crippen LogP contribution in [0.1, 0.15) is 45.6 Å². The molecule has 0 spiro atoms. The standard InChI is InChI=1S/C23H39N3O3.HI/c1-5-24-22(25-13-6-14-29-17-19-11-15-28-16-12-19)26-18-23(2,3)20-7-9-21(27-4)10-8-20;/h7-10,19H,5-6,11-18H2,1-4H3,(H2,24,25,26);1H. The van der Waals surface area contributed by atoms with Gasteiger partial charge in [0.15, 0.2) is 5.96 Å². The Morgan fingerprint density at radius 3 is 2.50 bits per heavy atom. The lowest BCUT2D eigenvalue weighted by Gasteiger charge is -2.24. The van der Waals surface area contributed by atoms with Crippen LogP contribution < -0.4 is 15.4 Å². The van der Waals surface area contributed by atoms with Crippen molar-refractivity contribution in [2.45, 2.75) is 45.4 Å². The number of aliphatic imine (C=N–C) groups is 1. The quantitative estimate of drug-likeness (QED) is 0.195. The Bertz CT molecular complexity index is 602. The first-order valence-electron chi connectivity index (χ1n) is 10.9. The van der Waals surface area contributed by atoms with Gasteiger partial charge in [-0.1, -0.05) is 26.0 Å². The van der Waals surface area contributed by atoms with Gasteiger partial charge in [-0.3, -0.25) is 4.99 Å².